The van der Waals surface area contributed by atoms with E-state index in [1.54, 1.807) is 6.92 Å². The molecule has 0 aromatic carbocycles. The van der Waals surface area contributed by atoms with Gasteiger partial charge in [0.1, 0.15) is 11.6 Å². The van der Waals surface area contributed by atoms with Crippen molar-refractivity contribution >= 4 is 6.72 Å². The van der Waals surface area contributed by atoms with Crippen molar-refractivity contribution < 1.29 is 17.9 Å². The van der Waals surface area contributed by atoms with Crippen molar-refractivity contribution in [1.82, 2.24) is 10.3 Å². The number of hydrogen-bond acceptors (Lipinski definition) is 4. The van der Waals surface area contributed by atoms with Gasteiger partial charge in [-0.1, -0.05) is 64.2 Å². The first-order valence-electron chi connectivity index (χ1n) is 10.4. The van der Waals surface area contributed by atoms with Crippen molar-refractivity contribution in [3.05, 3.63) is 59.7 Å². The number of nitrogens with zero attached hydrogens (tertiary/aromatic N) is 2. The lowest BCUT2D eigenvalue weighted by Gasteiger charge is -2.42. The molecule has 1 aliphatic carbocycles. The van der Waals surface area contributed by atoms with Crippen LogP contribution >= 0.6 is 0 Å². The Labute approximate surface area is 178 Å². The molecule has 1 fully saturated rings. The van der Waals surface area contributed by atoms with Crippen molar-refractivity contribution in [2.45, 2.75) is 71.6 Å². The highest BCUT2D eigenvalue weighted by Gasteiger charge is 2.49. The molecule has 0 aromatic heterocycles. The fourth-order valence-electron chi connectivity index (χ4n) is 3.29. The predicted octanol–water partition coefficient (Wildman–Crippen LogP) is 6.23. The van der Waals surface area contributed by atoms with Gasteiger partial charge in [0.15, 0.2) is 6.04 Å². The summed E-state index contributed by atoms with van der Waals surface area (Å²) in [5.74, 6) is 0.593. The molecule has 1 heterocycles. The summed E-state index contributed by atoms with van der Waals surface area (Å²) in [6, 6.07) is -2.25. The summed E-state index contributed by atoms with van der Waals surface area (Å²) in [7, 11) is 0. The number of alkyl halides is 3. The van der Waals surface area contributed by atoms with Gasteiger partial charge in [0.25, 0.3) is 0 Å². The van der Waals surface area contributed by atoms with Crippen molar-refractivity contribution in [1.29, 1.82) is 0 Å². The van der Waals surface area contributed by atoms with E-state index in [9.17, 15) is 13.2 Å². The molecule has 0 spiro atoms. The van der Waals surface area contributed by atoms with Crippen molar-refractivity contribution in [2.24, 2.45) is 5.10 Å². The van der Waals surface area contributed by atoms with Crippen LogP contribution in [0.1, 0.15) is 53.4 Å². The third-order valence-electron chi connectivity index (χ3n) is 4.59. The minimum Gasteiger partial charge on any atom is -0.494 e. The molecule has 30 heavy (non-hydrogen) atoms. The second-order valence-corrected chi connectivity index (χ2v) is 6.98. The summed E-state index contributed by atoms with van der Waals surface area (Å²) >= 11 is 0. The smallest absolute Gasteiger partial charge is 0.410 e. The normalized spacial score (nSPS) is 22.8. The van der Waals surface area contributed by atoms with Gasteiger partial charge in [-0.2, -0.15) is 18.3 Å². The first kappa shape index (κ1) is 25.6. The van der Waals surface area contributed by atoms with E-state index in [4.69, 9.17) is 4.74 Å². The Hall–Kier alpha value is -2.44. The third kappa shape index (κ3) is 6.82. The first-order chi connectivity index (χ1) is 14.2. The van der Waals surface area contributed by atoms with Crippen LogP contribution in [0.25, 0.3) is 0 Å². The zero-order valence-electron chi connectivity index (χ0n) is 18.4. The Balaban J connectivity index is 0.00000141. The Morgan fingerprint density at radius 3 is 2.43 bits per heavy atom. The summed E-state index contributed by atoms with van der Waals surface area (Å²) in [6.07, 6.45) is 7.05. The fraction of sp³-hybridized carbons (Fsp3) is 0.522. The lowest BCUT2D eigenvalue weighted by atomic mass is 9.93. The van der Waals surface area contributed by atoms with Crippen LogP contribution in [0.5, 0.6) is 0 Å². The Bertz CT molecular complexity index is 705. The molecule has 0 amide bonds. The molecule has 2 rings (SSSR count). The SMILES string of the molecule is C=NN1/C(=C(\CC)C(=C)OCC)NC(C2=CC=CC=CC2)CC1C(F)(F)F.CCC. The zero-order valence-corrected chi connectivity index (χ0v) is 18.4. The highest BCUT2D eigenvalue weighted by atomic mass is 19.4. The molecule has 0 bridgehead atoms. The van der Waals surface area contributed by atoms with E-state index in [1.807, 2.05) is 37.3 Å². The zero-order chi connectivity index (χ0) is 22.7. The minimum atomic E-state index is -4.45. The molecular formula is C23H34F3N3O. The van der Waals surface area contributed by atoms with E-state index >= 15 is 0 Å². The third-order valence-corrected chi connectivity index (χ3v) is 4.59. The van der Waals surface area contributed by atoms with Crippen LogP contribution in [0.15, 0.2) is 64.8 Å². The molecule has 2 atom stereocenters. The largest absolute Gasteiger partial charge is 0.494 e. The Morgan fingerprint density at radius 2 is 1.90 bits per heavy atom. The highest BCUT2D eigenvalue weighted by Crippen LogP contribution is 2.37. The lowest BCUT2D eigenvalue weighted by Crippen LogP contribution is -2.55. The molecule has 4 nitrogen and oxygen atoms in total. The van der Waals surface area contributed by atoms with Gasteiger partial charge >= 0.3 is 6.18 Å². The maximum absolute atomic E-state index is 13.8. The number of rotatable bonds is 6. The Morgan fingerprint density at radius 1 is 1.23 bits per heavy atom. The van der Waals surface area contributed by atoms with Crippen molar-refractivity contribution in [3.8, 4) is 0 Å². The van der Waals surface area contributed by atoms with Gasteiger partial charge in [-0.15, -0.1) is 0 Å². The second kappa shape index (κ2) is 12.3. The van der Waals surface area contributed by atoms with E-state index in [0.717, 1.165) is 10.6 Å². The fourth-order valence-corrected chi connectivity index (χ4v) is 3.29. The molecular weight excluding hydrogens is 391 g/mol. The van der Waals surface area contributed by atoms with Crippen molar-refractivity contribution in [2.75, 3.05) is 6.61 Å². The van der Waals surface area contributed by atoms with Gasteiger partial charge in [0.2, 0.25) is 0 Å². The number of ether oxygens (including phenoxy) is 1. The van der Waals surface area contributed by atoms with E-state index in [0.29, 0.717) is 30.8 Å². The van der Waals surface area contributed by atoms with E-state index in [-0.39, 0.29) is 12.2 Å². The Kier molecular flexibility index (Phi) is 10.5. The van der Waals surface area contributed by atoms with Crippen LogP contribution in [-0.2, 0) is 4.74 Å². The molecule has 1 saturated heterocycles. The average Bonchev–Trinajstić information content (AvgIpc) is 2.97. The van der Waals surface area contributed by atoms with Gasteiger partial charge in [0, 0.05) is 18.7 Å². The summed E-state index contributed by atoms with van der Waals surface area (Å²) in [4.78, 5) is 0. The number of nitrogens with one attached hydrogen (secondary N) is 1. The van der Waals surface area contributed by atoms with Crippen LogP contribution in [0, 0.1) is 0 Å². The van der Waals surface area contributed by atoms with Crippen LogP contribution in [0.4, 0.5) is 13.2 Å². The molecule has 1 N–H and O–H groups in total. The van der Waals surface area contributed by atoms with E-state index < -0.39 is 18.3 Å². The quantitative estimate of drug-likeness (QED) is 0.405. The van der Waals surface area contributed by atoms with Gasteiger partial charge < -0.3 is 10.1 Å². The monoisotopic (exact) mass is 425 g/mol. The van der Waals surface area contributed by atoms with Gasteiger partial charge in [0.05, 0.1) is 12.6 Å². The molecule has 168 valence electrons. The first-order valence-corrected chi connectivity index (χ1v) is 10.4. The predicted molar refractivity (Wildman–Crippen MR) is 118 cm³/mol. The summed E-state index contributed by atoms with van der Waals surface area (Å²) in [5, 5.41) is 7.84. The molecule has 0 radical (unpaired) electrons. The number of hydrazone groups is 1. The highest BCUT2D eigenvalue weighted by molar-refractivity contribution is 5.35. The molecule has 1 aliphatic heterocycles. The van der Waals surface area contributed by atoms with Crippen LogP contribution < -0.4 is 5.32 Å². The summed E-state index contributed by atoms with van der Waals surface area (Å²) in [6.45, 7) is 15.5. The summed E-state index contributed by atoms with van der Waals surface area (Å²) in [5.41, 5.74) is 1.44. The topological polar surface area (TPSA) is 36.9 Å². The molecule has 0 saturated carbocycles. The summed E-state index contributed by atoms with van der Waals surface area (Å²) < 4.78 is 46.9. The van der Waals surface area contributed by atoms with Gasteiger partial charge in [-0.3, -0.25) is 0 Å². The standard InChI is InChI=1S/C20H26F3N3O.C3H8/c1-5-16(14(3)27-6-2)19-25-17(15-11-9-7-8-10-12-15)13-18(20(21,22)23)26(19)24-4;1-3-2/h7-11,17-18,25H,3-6,12-13H2,1-2H3;3H2,1-2H3/b19-16+;. The minimum absolute atomic E-state index is 0.155. The van der Waals surface area contributed by atoms with Gasteiger partial charge in [-0.05, 0) is 25.3 Å². The maximum Gasteiger partial charge on any atom is 0.410 e. The lowest BCUT2D eigenvalue weighted by molar-refractivity contribution is -0.187. The number of halogens is 3. The average molecular weight is 426 g/mol. The van der Waals surface area contributed by atoms with Gasteiger partial charge in [-0.25, -0.2) is 5.01 Å². The van der Waals surface area contributed by atoms with E-state index in [2.05, 4.69) is 37.6 Å². The van der Waals surface area contributed by atoms with Crippen LogP contribution in [-0.4, -0.2) is 36.6 Å². The number of allylic oxidation sites excluding steroid dienone is 6. The van der Waals surface area contributed by atoms with E-state index in [1.165, 1.54) is 6.42 Å². The number of hydrogen-bond donors (Lipinski definition) is 1. The maximum atomic E-state index is 13.8. The molecule has 2 aliphatic rings. The van der Waals surface area contributed by atoms with Crippen molar-refractivity contribution in [3.63, 3.8) is 0 Å². The van der Waals surface area contributed by atoms with Crippen LogP contribution in [0.2, 0.25) is 0 Å². The molecule has 0 aromatic rings. The molecule has 7 heteroatoms. The molecule has 2 unspecified atom stereocenters. The van der Waals surface area contributed by atoms with Crippen LogP contribution in [0.3, 0.4) is 0 Å². The second-order valence-electron chi connectivity index (χ2n) is 6.98.